The summed E-state index contributed by atoms with van der Waals surface area (Å²) in [5.74, 6) is -2.08. The zero-order chi connectivity index (χ0) is 24.1. The Morgan fingerprint density at radius 3 is 2.21 bits per heavy atom. The maximum Gasteiger partial charge on any atom is 0.277 e. The van der Waals surface area contributed by atoms with Gasteiger partial charge in [0.25, 0.3) is 5.91 Å². The Bertz CT molecular complexity index is 1150. The van der Waals surface area contributed by atoms with Crippen LogP contribution in [0.15, 0.2) is 60.9 Å². The van der Waals surface area contributed by atoms with Gasteiger partial charge in [0.2, 0.25) is 5.95 Å². The first kappa shape index (κ1) is 23.7. The first-order valence-electron chi connectivity index (χ1n) is 10.4. The molecule has 1 atom stereocenters. The number of rotatable bonds is 7. The average molecular weight is 489 g/mol. The number of aromatic nitrogens is 2. The van der Waals surface area contributed by atoms with Crippen LogP contribution >= 0.6 is 0 Å². The molecule has 34 heavy (non-hydrogen) atoms. The van der Waals surface area contributed by atoms with Crippen LogP contribution in [0.2, 0.25) is 0 Å². The highest BCUT2D eigenvalue weighted by atomic mass is 32.2. The van der Waals surface area contributed by atoms with Gasteiger partial charge in [0.15, 0.2) is 11.2 Å². The summed E-state index contributed by atoms with van der Waals surface area (Å²) in [6, 6.07) is 13.1. The van der Waals surface area contributed by atoms with E-state index in [0.29, 0.717) is 25.9 Å². The Hall–Kier alpha value is -3.48. The summed E-state index contributed by atoms with van der Waals surface area (Å²) in [6.45, 7) is 0.700. The molecule has 1 aromatic heterocycles. The average Bonchev–Trinajstić information content (AvgIpc) is 2.87. The van der Waals surface area contributed by atoms with Crippen LogP contribution in [0, 0.1) is 11.6 Å². The van der Waals surface area contributed by atoms with Gasteiger partial charge in [-0.05, 0) is 30.5 Å². The molecule has 1 saturated heterocycles. The molecule has 1 unspecified atom stereocenters. The Morgan fingerprint density at radius 1 is 1.00 bits per heavy atom. The van der Waals surface area contributed by atoms with Crippen molar-refractivity contribution < 1.29 is 23.0 Å². The summed E-state index contributed by atoms with van der Waals surface area (Å²) >= 11 is -1.85. The van der Waals surface area contributed by atoms with Gasteiger partial charge in [0, 0.05) is 25.5 Å². The van der Waals surface area contributed by atoms with E-state index in [-0.39, 0.29) is 11.5 Å². The number of carbonyl (C=O) groups is 1. The molecular weight excluding hydrogens is 466 g/mol. The highest BCUT2D eigenvalue weighted by molar-refractivity contribution is 7.84. The van der Waals surface area contributed by atoms with E-state index in [4.69, 9.17) is 5.21 Å². The van der Waals surface area contributed by atoms with Crippen LogP contribution in [0.4, 0.5) is 20.4 Å². The molecule has 3 aromatic rings. The molecule has 0 spiro atoms. The second-order valence-corrected chi connectivity index (χ2v) is 8.91. The van der Waals surface area contributed by atoms with Crippen molar-refractivity contribution in [2.45, 2.75) is 18.4 Å². The van der Waals surface area contributed by atoms with E-state index in [1.807, 2.05) is 30.3 Å². The van der Waals surface area contributed by atoms with Gasteiger partial charge in [0.05, 0.1) is 11.1 Å². The standard InChI is InChI=1S/C22H22F2N6O3S/c23-17-7-4-8-18(24)19(17)29-34(33)30-11-9-22(10-12-30,16-5-2-1-3-6-16)27-21-25-13-15(14-26-21)20(31)28-32/h1-8,13-14,29,32H,9-12H2,(H,28,31)(H,25,26,27). The minimum Gasteiger partial charge on any atom is -0.345 e. The third-order valence-corrected chi connectivity index (χ3v) is 6.87. The fourth-order valence-electron chi connectivity index (χ4n) is 3.81. The van der Waals surface area contributed by atoms with Crippen molar-refractivity contribution in [1.82, 2.24) is 19.8 Å². The SMILES string of the molecule is O=C(NO)c1cnc(NC2(c3ccccc3)CCN(S(=O)Nc3c(F)cccc3F)CC2)nc1. The first-order chi connectivity index (χ1) is 16.4. The van der Waals surface area contributed by atoms with Crippen molar-refractivity contribution in [1.29, 1.82) is 0 Å². The molecule has 0 aliphatic carbocycles. The summed E-state index contributed by atoms with van der Waals surface area (Å²) in [7, 11) is 0. The second-order valence-electron chi connectivity index (χ2n) is 7.69. The number of carbonyl (C=O) groups excluding carboxylic acids is 1. The van der Waals surface area contributed by atoms with Gasteiger partial charge < -0.3 is 5.32 Å². The first-order valence-corrected chi connectivity index (χ1v) is 11.5. The van der Waals surface area contributed by atoms with Crippen molar-refractivity contribution in [3.05, 3.63) is 83.7 Å². The minimum absolute atomic E-state index is 0.0958. The fourth-order valence-corrected chi connectivity index (χ4v) is 4.83. The zero-order valence-corrected chi connectivity index (χ0v) is 18.7. The Labute approximate surface area is 196 Å². The van der Waals surface area contributed by atoms with Crippen molar-refractivity contribution in [3.8, 4) is 0 Å². The molecule has 0 saturated carbocycles. The molecule has 1 aliphatic rings. The number of para-hydroxylation sites is 1. The molecule has 178 valence electrons. The molecule has 9 nitrogen and oxygen atoms in total. The van der Waals surface area contributed by atoms with Gasteiger partial charge in [-0.15, -0.1) is 0 Å². The molecule has 1 aliphatic heterocycles. The molecule has 0 radical (unpaired) electrons. The van der Waals surface area contributed by atoms with E-state index in [0.717, 1.165) is 17.7 Å². The Balaban J connectivity index is 1.51. The summed E-state index contributed by atoms with van der Waals surface area (Å²) in [5, 5.41) is 12.1. The van der Waals surface area contributed by atoms with Gasteiger partial charge >= 0.3 is 0 Å². The van der Waals surface area contributed by atoms with Crippen LogP contribution in [0.25, 0.3) is 0 Å². The van der Waals surface area contributed by atoms with Gasteiger partial charge in [-0.25, -0.2) is 32.7 Å². The van der Waals surface area contributed by atoms with Crippen LogP contribution < -0.4 is 15.5 Å². The number of amides is 1. The predicted octanol–water partition coefficient (Wildman–Crippen LogP) is 2.97. The number of halogens is 2. The minimum atomic E-state index is -1.85. The van der Waals surface area contributed by atoms with E-state index >= 15 is 0 Å². The van der Waals surface area contributed by atoms with E-state index < -0.39 is 39.9 Å². The van der Waals surface area contributed by atoms with Crippen LogP contribution in [0.3, 0.4) is 0 Å². The maximum absolute atomic E-state index is 13.9. The van der Waals surface area contributed by atoms with Gasteiger partial charge in [-0.2, -0.15) is 0 Å². The van der Waals surface area contributed by atoms with E-state index in [2.05, 4.69) is 20.0 Å². The van der Waals surface area contributed by atoms with Crippen LogP contribution in [-0.2, 0) is 16.7 Å². The third kappa shape index (κ3) is 5.03. The van der Waals surface area contributed by atoms with Crippen LogP contribution in [0.1, 0.15) is 28.8 Å². The summed E-state index contributed by atoms with van der Waals surface area (Å²) in [5.41, 5.74) is 1.55. The highest BCUT2D eigenvalue weighted by Crippen LogP contribution is 2.36. The fraction of sp³-hybridized carbons (Fsp3) is 0.227. The van der Waals surface area contributed by atoms with E-state index in [1.165, 1.54) is 23.9 Å². The van der Waals surface area contributed by atoms with Crippen molar-refractivity contribution in [2.24, 2.45) is 0 Å². The number of anilines is 2. The van der Waals surface area contributed by atoms with Gasteiger partial charge in [-0.3, -0.25) is 14.7 Å². The number of hydrogen-bond acceptors (Lipinski definition) is 6. The van der Waals surface area contributed by atoms with Crippen LogP contribution in [0.5, 0.6) is 0 Å². The quantitative estimate of drug-likeness (QED) is 0.300. The Kier molecular flexibility index (Phi) is 7.10. The lowest BCUT2D eigenvalue weighted by molar-refractivity contribution is 0.0705. The molecule has 1 amide bonds. The van der Waals surface area contributed by atoms with Crippen molar-refractivity contribution >= 4 is 28.7 Å². The molecule has 2 heterocycles. The monoisotopic (exact) mass is 488 g/mol. The number of benzene rings is 2. The molecule has 1 fully saturated rings. The zero-order valence-electron chi connectivity index (χ0n) is 17.9. The molecule has 2 aromatic carbocycles. The molecular formula is C22H22F2N6O3S. The van der Waals surface area contributed by atoms with Gasteiger partial charge in [-0.1, -0.05) is 36.4 Å². The topological polar surface area (TPSA) is 119 Å². The van der Waals surface area contributed by atoms with Crippen molar-refractivity contribution in [2.75, 3.05) is 23.1 Å². The summed E-state index contributed by atoms with van der Waals surface area (Å²) in [4.78, 5) is 19.9. The van der Waals surface area contributed by atoms with Gasteiger partial charge in [0.1, 0.15) is 17.3 Å². The molecule has 12 heteroatoms. The lowest BCUT2D eigenvalue weighted by atomic mass is 9.81. The van der Waals surface area contributed by atoms with Crippen molar-refractivity contribution in [3.63, 3.8) is 0 Å². The second kappa shape index (κ2) is 10.2. The third-order valence-electron chi connectivity index (χ3n) is 5.66. The predicted molar refractivity (Wildman–Crippen MR) is 122 cm³/mol. The number of nitrogens with zero attached hydrogens (tertiary/aromatic N) is 3. The lowest BCUT2D eigenvalue weighted by Crippen LogP contribution is -2.48. The summed E-state index contributed by atoms with van der Waals surface area (Å²) in [6.07, 6.45) is 3.56. The van der Waals surface area contributed by atoms with E-state index in [9.17, 15) is 17.8 Å². The Morgan fingerprint density at radius 2 is 1.62 bits per heavy atom. The smallest absolute Gasteiger partial charge is 0.277 e. The summed E-state index contributed by atoms with van der Waals surface area (Å²) < 4.78 is 44.7. The van der Waals surface area contributed by atoms with E-state index in [1.54, 1.807) is 4.31 Å². The number of nitrogens with one attached hydrogen (secondary N) is 3. The van der Waals surface area contributed by atoms with Crippen LogP contribution in [-0.4, -0.2) is 42.7 Å². The normalized spacial score (nSPS) is 16.4. The molecule has 4 rings (SSSR count). The number of piperidine rings is 1. The maximum atomic E-state index is 13.9. The number of hydrogen-bond donors (Lipinski definition) is 4. The lowest BCUT2D eigenvalue weighted by Gasteiger charge is -2.42. The largest absolute Gasteiger partial charge is 0.345 e. The molecule has 0 bridgehead atoms. The number of hydroxylamine groups is 1. The molecule has 4 N–H and O–H groups in total. The highest BCUT2D eigenvalue weighted by Gasteiger charge is 2.38.